The van der Waals surface area contributed by atoms with Gasteiger partial charge in [-0.3, -0.25) is 4.79 Å². The van der Waals surface area contributed by atoms with Gasteiger partial charge >= 0.3 is 0 Å². The Morgan fingerprint density at radius 1 is 1.42 bits per heavy atom. The molecule has 0 unspecified atom stereocenters. The van der Waals surface area contributed by atoms with E-state index in [4.69, 9.17) is 4.74 Å². The van der Waals surface area contributed by atoms with E-state index < -0.39 is 0 Å². The van der Waals surface area contributed by atoms with Crippen molar-refractivity contribution < 1.29 is 13.9 Å². The minimum absolute atomic E-state index is 0.181. The van der Waals surface area contributed by atoms with Crippen molar-refractivity contribution >= 4 is 22.9 Å². The van der Waals surface area contributed by atoms with Gasteiger partial charge in [0.2, 0.25) is 0 Å². The maximum absolute atomic E-state index is 14.4. The van der Waals surface area contributed by atoms with E-state index in [2.05, 4.69) is 4.98 Å². The molecule has 24 heavy (non-hydrogen) atoms. The number of amides is 1. The Hall–Kier alpha value is -1.99. The summed E-state index contributed by atoms with van der Waals surface area (Å²) >= 11 is 1.57. The van der Waals surface area contributed by atoms with E-state index >= 15 is 0 Å². The molecule has 1 aromatic heterocycles. The van der Waals surface area contributed by atoms with Crippen molar-refractivity contribution in [1.82, 2.24) is 9.88 Å². The summed E-state index contributed by atoms with van der Waals surface area (Å²) < 4.78 is 19.7. The molecular weight excluding hydrogens is 329 g/mol. The highest BCUT2D eigenvalue weighted by Gasteiger charge is 2.18. The van der Waals surface area contributed by atoms with Crippen LogP contribution in [0.5, 0.6) is 0 Å². The zero-order chi connectivity index (χ0) is 16.9. The fraction of sp³-hybridized carbons (Fsp3) is 0.412. The number of carbonyl (C=O) groups excluding carboxylic acids is 1. The monoisotopic (exact) mass is 349 g/mol. The van der Waals surface area contributed by atoms with Gasteiger partial charge in [-0.2, -0.15) is 0 Å². The van der Waals surface area contributed by atoms with Crippen LogP contribution < -0.4 is 4.90 Å². The van der Waals surface area contributed by atoms with Crippen LogP contribution in [-0.4, -0.2) is 55.7 Å². The van der Waals surface area contributed by atoms with Crippen LogP contribution >= 0.6 is 11.3 Å². The normalized spacial score (nSPS) is 14.7. The van der Waals surface area contributed by atoms with Gasteiger partial charge in [0.1, 0.15) is 5.82 Å². The topological polar surface area (TPSA) is 45.7 Å². The number of nitrogens with zero attached hydrogens (tertiary/aromatic N) is 3. The fourth-order valence-electron chi connectivity index (χ4n) is 2.66. The second kappa shape index (κ2) is 7.72. The highest BCUT2D eigenvalue weighted by molar-refractivity contribution is 7.09. The Balaban J connectivity index is 1.65. The van der Waals surface area contributed by atoms with E-state index in [1.165, 1.54) is 6.07 Å². The summed E-state index contributed by atoms with van der Waals surface area (Å²) in [5.41, 5.74) is 0.895. The Morgan fingerprint density at radius 2 is 2.21 bits per heavy atom. The summed E-state index contributed by atoms with van der Waals surface area (Å²) in [5, 5.41) is 2.90. The molecule has 1 fully saturated rings. The number of carbonyl (C=O) groups is 1. The van der Waals surface area contributed by atoms with Gasteiger partial charge in [-0.25, -0.2) is 9.37 Å². The van der Waals surface area contributed by atoms with Gasteiger partial charge in [0.05, 0.1) is 23.9 Å². The maximum atomic E-state index is 14.4. The highest BCUT2D eigenvalue weighted by Crippen LogP contribution is 2.22. The van der Waals surface area contributed by atoms with E-state index in [1.807, 2.05) is 10.3 Å². The first-order valence-corrected chi connectivity index (χ1v) is 8.79. The first-order chi connectivity index (χ1) is 11.6. The molecule has 2 heterocycles. The number of hydrogen-bond acceptors (Lipinski definition) is 5. The van der Waals surface area contributed by atoms with Crippen LogP contribution in [0.3, 0.4) is 0 Å². The van der Waals surface area contributed by atoms with Crippen LogP contribution in [0, 0.1) is 5.82 Å². The van der Waals surface area contributed by atoms with Crippen molar-refractivity contribution in [3.63, 3.8) is 0 Å². The summed E-state index contributed by atoms with van der Waals surface area (Å²) in [7, 11) is 1.73. The van der Waals surface area contributed by atoms with Crippen LogP contribution in [-0.2, 0) is 11.2 Å². The van der Waals surface area contributed by atoms with E-state index in [1.54, 1.807) is 41.6 Å². The van der Waals surface area contributed by atoms with Crippen molar-refractivity contribution in [2.75, 3.05) is 44.8 Å². The molecule has 7 heteroatoms. The number of aromatic nitrogens is 1. The summed E-state index contributed by atoms with van der Waals surface area (Å²) in [5.74, 6) is -0.546. The fourth-order valence-corrected chi connectivity index (χ4v) is 3.27. The van der Waals surface area contributed by atoms with E-state index in [-0.39, 0.29) is 11.7 Å². The van der Waals surface area contributed by atoms with Gasteiger partial charge in [-0.05, 0) is 18.2 Å². The SMILES string of the molecule is CN(CCc1nccs1)C(=O)c1ccc(N2CCOCC2)c(F)c1. The first kappa shape index (κ1) is 16.9. The maximum Gasteiger partial charge on any atom is 0.253 e. The van der Waals surface area contributed by atoms with E-state index in [0.717, 1.165) is 5.01 Å². The third-order valence-electron chi connectivity index (χ3n) is 4.04. The second-order valence-corrected chi connectivity index (χ2v) is 6.65. The van der Waals surface area contributed by atoms with E-state index in [0.29, 0.717) is 50.5 Å². The molecule has 0 N–H and O–H groups in total. The summed E-state index contributed by atoms with van der Waals surface area (Å²) in [6.45, 7) is 3.08. The largest absolute Gasteiger partial charge is 0.378 e. The molecule has 1 aliphatic heterocycles. The summed E-state index contributed by atoms with van der Waals surface area (Å²) in [4.78, 5) is 20.2. The number of ether oxygens (including phenoxy) is 1. The molecule has 0 bridgehead atoms. The molecule has 2 aromatic rings. The predicted molar refractivity (Wildman–Crippen MR) is 92.2 cm³/mol. The summed E-state index contributed by atoms with van der Waals surface area (Å²) in [6, 6.07) is 4.70. The van der Waals surface area contributed by atoms with Gasteiger partial charge in [0.25, 0.3) is 5.91 Å². The molecule has 0 radical (unpaired) electrons. The lowest BCUT2D eigenvalue weighted by molar-refractivity contribution is 0.0796. The molecule has 5 nitrogen and oxygen atoms in total. The van der Waals surface area contributed by atoms with Crippen molar-refractivity contribution in [2.45, 2.75) is 6.42 Å². The molecule has 1 amide bonds. The Labute approximate surface area is 144 Å². The number of morpholine rings is 1. The van der Waals surface area contributed by atoms with Gasteiger partial charge in [0, 0.05) is 50.2 Å². The Morgan fingerprint density at radius 3 is 2.88 bits per heavy atom. The third kappa shape index (κ3) is 3.91. The standard InChI is InChI=1S/C17H20FN3O2S/c1-20(6-4-16-19-5-11-24-16)17(22)13-2-3-15(14(18)12-13)21-7-9-23-10-8-21/h2-3,5,11-12H,4,6-10H2,1H3. The average molecular weight is 349 g/mol. The third-order valence-corrected chi connectivity index (χ3v) is 4.88. The minimum Gasteiger partial charge on any atom is -0.378 e. The smallest absolute Gasteiger partial charge is 0.253 e. The van der Waals surface area contributed by atoms with Crippen molar-refractivity contribution in [2.24, 2.45) is 0 Å². The lowest BCUT2D eigenvalue weighted by atomic mass is 10.1. The lowest BCUT2D eigenvalue weighted by Crippen LogP contribution is -2.36. The molecule has 0 saturated carbocycles. The average Bonchev–Trinajstić information content (AvgIpc) is 3.13. The van der Waals surface area contributed by atoms with Crippen LogP contribution in [0.2, 0.25) is 0 Å². The lowest BCUT2D eigenvalue weighted by Gasteiger charge is -2.29. The van der Waals surface area contributed by atoms with Crippen LogP contribution in [0.4, 0.5) is 10.1 Å². The first-order valence-electron chi connectivity index (χ1n) is 7.91. The zero-order valence-electron chi connectivity index (χ0n) is 13.6. The molecule has 1 aliphatic rings. The quantitative estimate of drug-likeness (QED) is 0.832. The van der Waals surface area contributed by atoms with Crippen molar-refractivity contribution in [3.8, 4) is 0 Å². The predicted octanol–water partition coefficient (Wildman–Crippen LogP) is 2.43. The number of thiazole rings is 1. The Kier molecular flexibility index (Phi) is 5.42. The molecular formula is C17H20FN3O2S. The van der Waals surface area contributed by atoms with Gasteiger partial charge in [0.15, 0.2) is 0 Å². The van der Waals surface area contributed by atoms with Gasteiger partial charge < -0.3 is 14.5 Å². The molecule has 0 aliphatic carbocycles. The van der Waals surface area contributed by atoms with Gasteiger partial charge in [-0.15, -0.1) is 11.3 Å². The molecule has 1 aromatic carbocycles. The Bertz CT molecular complexity index is 687. The van der Waals surface area contributed by atoms with Crippen LogP contribution in [0.25, 0.3) is 0 Å². The summed E-state index contributed by atoms with van der Waals surface area (Å²) in [6.07, 6.45) is 2.45. The molecule has 0 atom stereocenters. The van der Waals surface area contributed by atoms with Gasteiger partial charge in [-0.1, -0.05) is 0 Å². The number of benzene rings is 1. The second-order valence-electron chi connectivity index (χ2n) is 5.67. The highest BCUT2D eigenvalue weighted by atomic mass is 32.1. The van der Waals surface area contributed by atoms with Crippen LogP contribution in [0.15, 0.2) is 29.8 Å². The van der Waals surface area contributed by atoms with E-state index in [9.17, 15) is 9.18 Å². The number of likely N-dealkylation sites (N-methyl/N-ethyl adjacent to an activating group) is 1. The van der Waals surface area contributed by atoms with Crippen molar-refractivity contribution in [3.05, 3.63) is 46.2 Å². The molecule has 3 rings (SSSR count). The number of rotatable bonds is 5. The molecule has 1 saturated heterocycles. The molecule has 128 valence electrons. The minimum atomic E-state index is -0.365. The molecule has 0 spiro atoms. The number of anilines is 1. The number of hydrogen-bond donors (Lipinski definition) is 0. The van der Waals surface area contributed by atoms with Crippen LogP contribution in [0.1, 0.15) is 15.4 Å². The van der Waals surface area contributed by atoms with Crippen molar-refractivity contribution in [1.29, 1.82) is 0 Å². The zero-order valence-corrected chi connectivity index (χ0v) is 14.4. The number of halogens is 1.